The summed E-state index contributed by atoms with van der Waals surface area (Å²) >= 11 is 0. The van der Waals surface area contributed by atoms with Gasteiger partial charge in [0.15, 0.2) is 0 Å². The van der Waals surface area contributed by atoms with E-state index in [4.69, 9.17) is 5.26 Å². The third-order valence-corrected chi connectivity index (χ3v) is 7.02. The molecule has 1 aromatic rings. The maximum Gasteiger partial charge on any atom is 0.144 e. The third kappa shape index (κ3) is 4.64. The Morgan fingerprint density at radius 3 is 1.77 bits per heavy atom. The van der Waals surface area contributed by atoms with Gasteiger partial charge >= 0.3 is 0 Å². The smallest absolute Gasteiger partial charge is 0.144 e. The molecule has 26 heavy (non-hydrogen) atoms. The Morgan fingerprint density at radius 1 is 0.846 bits per heavy atom. The molecule has 1 nitrogen and oxygen atoms in total. The van der Waals surface area contributed by atoms with E-state index in [9.17, 15) is 8.78 Å². The molecular formula is C23H31F2N. The van der Waals surface area contributed by atoms with E-state index in [1.165, 1.54) is 57.1 Å². The summed E-state index contributed by atoms with van der Waals surface area (Å²) in [5.41, 5.74) is 0.274. The Bertz CT molecular complexity index is 609. The molecule has 0 spiro atoms. The fourth-order valence-corrected chi connectivity index (χ4v) is 5.12. The molecule has 0 N–H and O–H groups in total. The topological polar surface area (TPSA) is 23.8 Å². The Hall–Kier alpha value is -1.43. The van der Waals surface area contributed by atoms with Gasteiger partial charge in [-0.3, -0.25) is 0 Å². The van der Waals surface area contributed by atoms with Crippen LogP contribution in [-0.2, 0) is 0 Å². The molecule has 1 aromatic carbocycles. The monoisotopic (exact) mass is 359 g/mol. The Kier molecular flexibility index (Phi) is 6.68. The van der Waals surface area contributed by atoms with Gasteiger partial charge in [-0.25, -0.2) is 8.78 Å². The van der Waals surface area contributed by atoms with Crippen LogP contribution in [0.3, 0.4) is 0 Å². The maximum absolute atomic E-state index is 13.9. The van der Waals surface area contributed by atoms with Gasteiger partial charge in [-0.15, -0.1) is 0 Å². The van der Waals surface area contributed by atoms with Crippen molar-refractivity contribution in [2.45, 2.75) is 83.5 Å². The average molecular weight is 360 g/mol. The first kappa shape index (κ1) is 19.3. The second-order valence-electron chi connectivity index (χ2n) is 8.56. The van der Waals surface area contributed by atoms with E-state index in [1.807, 2.05) is 0 Å². The van der Waals surface area contributed by atoms with Crippen molar-refractivity contribution in [3.8, 4) is 6.07 Å². The lowest BCUT2D eigenvalue weighted by atomic mass is 9.74. The first-order valence-corrected chi connectivity index (χ1v) is 10.5. The highest BCUT2D eigenvalue weighted by Gasteiger charge is 2.26. The van der Waals surface area contributed by atoms with Gasteiger partial charge in [0, 0.05) is 0 Å². The summed E-state index contributed by atoms with van der Waals surface area (Å²) in [4.78, 5) is 0. The summed E-state index contributed by atoms with van der Waals surface area (Å²) in [6.07, 6.45) is 14.1. The molecule has 142 valence electrons. The van der Waals surface area contributed by atoms with Crippen molar-refractivity contribution in [2.75, 3.05) is 0 Å². The average Bonchev–Trinajstić information content (AvgIpc) is 2.67. The number of halogens is 2. The lowest BCUT2D eigenvalue weighted by Crippen LogP contribution is -2.17. The Balaban J connectivity index is 1.45. The van der Waals surface area contributed by atoms with Gasteiger partial charge in [0.25, 0.3) is 0 Å². The zero-order valence-corrected chi connectivity index (χ0v) is 15.9. The predicted molar refractivity (Wildman–Crippen MR) is 101 cm³/mol. The van der Waals surface area contributed by atoms with Crippen LogP contribution in [0.2, 0.25) is 0 Å². The van der Waals surface area contributed by atoms with Crippen molar-refractivity contribution < 1.29 is 8.78 Å². The van der Waals surface area contributed by atoms with Crippen molar-refractivity contribution in [1.82, 2.24) is 0 Å². The minimum Gasteiger partial charge on any atom is -0.205 e. The zero-order chi connectivity index (χ0) is 18.5. The fraction of sp³-hybridized carbons (Fsp3) is 0.696. The summed E-state index contributed by atoms with van der Waals surface area (Å²) in [5.74, 6) is 1.48. The quantitative estimate of drug-likeness (QED) is 0.549. The molecule has 3 rings (SSSR count). The van der Waals surface area contributed by atoms with Gasteiger partial charge in [0.2, 0.25) is 0 Å². The maximum atomic E-state index is 13.9. The minimum atomic E-state index is -0.715. The van der Waals surface area contributed by atoms with Crippen molar-refractivity contribution in [1.29, 1.82) is 5.26 Å². The van der Waals surface area contributed by atoms with Crippen LogP contribution in [0.15, 0.2) is 12.1 Å². The SMILES string of the molecule is CCC1CCC(CCC2CCC(c3cc(F)c(C#N)c(F)c3)CC2)CC1. The molecule has 0 heterocycles. The second kappa shape index (κ2) is 8.98. The van der Waals surface area contributed by atoms with Gasteiger partial charge in [-0.05, 0) is 67.1 Å². The van der Waals surface area contributed by atoms with Crippen LogP contribution in [-0.4, -0.2) is 0 Å². The number of hydrogen-bond acceptors (Lipinski definition) is 1. The summed E-state index contributed by atoms with van der Waals surface area (Å²) in [5, 5.41) is 8.80. The Labute approximate surface area is 156 Å². The molecular weight excluding hydrogens is 328 g/mol. The second-order valence-corrected chi connectivity index (χ2v) is 8.56. The summed E-state index contributed by atoms with van der Waals surface area (Å²) in [6, 6.07) is 4.35. The molecule has 0 radical (unpaired) electrons. The van der Waals surface area contributed by atoms with E-state index in [1.54, 1.807) is 6.07 Å². The highest BCUT2D eigenvalue weighted by atomic mass is 19.1. The van der Waals surface area contributed by atoms with Crippen LogP contribution in [0.25, 0.3) is 0 Å². The zero-order valence-electron chi connectivity index (χ0n) is 15.9. The van der Waals surface area contributed by atoms with Gasteiger partial charge in [0.05, 0.1) is 0 Å². The van der Waals surface area contributed by atoms with Gasteiger partial charge < -0.3 is 0 Å². The third-order valence-electron chi connectivity index (χ3n) is 7.02. The van der Waals surface area contributed by atoms with E-state index < -0.39 is 17.2 Å². The van der Waals surface area contributed by atoms with Crippen LogP contribution in [0.5, 0.6) is 0 Å². The fourth-order valence-electron chi connectivity index (χ4n) is 5.12. The first-order chi connectivity index (χ1) is 12.6. The largest absolute Gasteiger partial charge is 0.205 e. The summed E-state index contributed by atoms with van der Waals surface area (Å²) in [6.45, 7) is 2.31. The van der Waals surface area contributed by atoms with Crippen molar-refractivity contribution in [3.63, 3.8) is 0 Å². The molecule has 0 unspecified atom stereocenters. The van der Waals surface area contributed by atoms with Gasteiger partial charge in [0.1, 0.15) is 23.3 Å². The van der Waals surface area contributed by atoms with E-state index in [0.29, 0.717) is 0 Å². The van der Waals surface area contributed by atoms with E-state index in [-0.39, 0.29) is 5.92 Å². The van der Waals surface area contributed by atoms with Crippen LogP contribution in [0, 0.1) is 40.7 Å². The standard InChI is InChI=1S/C23H31F2N/c1-2-16-3-5-17(6-4-16)7-8-18-9-11-19(12-10-18)20-13-22(24)21(15-26)23(25)14-20/h13-14,16-19H,2-12H2,1H3. The number of hydrogen-bond donors (Lipinski definition) is 0. The first-order valence-electron chi connectivity index (χ1n) is 10.5. The number of benzene rings is 1. The van der Waals surface area contributed by atoms with Crippen LogP contribution in [0.1, 0.15) is 94.6 Å². The van der Waals surface area contributed by atoms with E-state index in [2.05, 4.69) is 6.92 Å². The van der Waals surface area contributed by atoms with Crippen molar-refractivity contribution in [2.24, 2.45) is 17.8 Å². The molecule has 0 bridgehead atoms. The molecule has 2 aliphatic carbocycles. The predicted octanol–water partition coefficient (Wildman–Crippen LogP) is 7.11. The summed E-state index contributed by atoms with van der Waals surface area (Å²) < 4.78 is 27.7. The van der Waals surface area contributed by atoms with Crippen LogP contribution < -0.4 is 0 Å². The molecule has 2 aliphatic rings. The highest BCUT2D eigenvalue weighted by molar-refractivity contribution is 5.36. The lowest BCUT2D eigenvalue weighted by Gasteiger charge is -2.32. The molecule has 3 heteroatoms. The van der Waals surface area contributed by atoms with Gasteiger partial charge in [-0.2, -0.15) is 5.26 Å². The number of rotatable bonds is 5. The molecule has 0 aliphatic heterocycles. The molecule has 0 saturated heterocycles. The number of nitriles is 1. The van der Waals surface area contributed by atoms with Crippen molar-refractivity contribution in [3.05, 3.63) is 34.9 Å². The van der Waals surface area contributed by atoms with Gasteiger partial charge in [-0.1, -0.05) is 51.9 Å². The summed E-state index contributed by atoms with van der Waals surface area (Å²) in [7, 11) is 0. The lowest BCUT2D eigenvalue weighted by molar-refractivity contribution is 0.227. The molecule has 0 aromatic heterocycles. The van der Waals surface area contributed by atoms with E-state index in [0.717, 1.165) is 49.0 Å². The molecule has 2 fully saturated rings. The highest BCUT2D eigenvalue weighted by Crippen LogP contribution is 2.40. The normalized spacial score (nSPS) is 29.3. The van der Waals surface area contributed by atoms with Crippen molar-refractivity contribution >= 4 is 0 Å². The molecule has 0 atom stereocenters. The van der Waals surface area contributed by atoms with Crippen LogP contribution >= 0.6 is 0 Å². The number of nitrogens with zero attached hydrogens (tertiary/aromatic N) is 1. The van der Waals surface area contributed by atoms with Crippen LogP contribution in [0.4, 0.5) is 8.78 Å². The Morgan fingerprint density at radius 2 is 1.31 bits per heavy atom. The minimum absolute atomic E-state index is 0.239. The van der Waals surface area contributed by atoms with E-state index >= 15 is 0 Å². The molecule has 2 saturated carbocycles. The molecule has 0 amide bonds.